The molecule has 0 spiro atoms. The number of ether oxygens (including phenoxy) is 2. The molecule has 23 heavy (non-hydrogen) atoms. The Hall–Kier alpha value is -1.97. The van der Waals surface area contributed by atoms with E-state index in [0.29, 0.717) is 11.3 Å². The number of benzene rings is 1. The fraction of sp³-hybridized carbons (Fsp3) is 0.400. The number of aliphatic hydroxyl groups excluding tert-OH is 4. The van der Waals surface area contributed by atoms with Crippen LogP contribution in [0.25, 0.3) is 6.08 Å². The second kappa shape index (κ2) is 7.53. The first-order valence-corrected chi connectivity index (χ1v) is 6.90. The zero-order valence-corrected chi connectivity index (χ0v) is 12.0. The largest absolute Gasteiger partial charge is 0.485 e. The van der Waals surface area contributed by atoms with Crippen molar-refractivity contribution in [3.63, 3.8) is 0 Å². The van der Waals surface area contributed by atoms with Crippen molar-refractivity contribution >= 4 is 12.0 Å². The van der Waals surface area contributed by atoms with Crippen molar-refractivity contribution in [1.82, 2.24) is 0 Å². The summed E-state index contributed by atoms with van der Waals surface area (Å²) in [5.41, 5.74) is 0.634. The molecule has 0 amide bonds. The number of aliphatic hydroxyl groups is 4. The van der Waals surface area contributed by atoms with E-state index in [-0.39, 0.29) is 0 Å². The summed E-state index contributed by atoms with van der Waals surface area (Å²) in [5, 5.41) is 46.8. The van der Waals surface area contributed by atoms with Gasteiger partial charge in [-0.3, -0.25) is 0 Å². The highest BCUT2D eigenvalue weighted by Crippen LogP contribution is 2.25. The number of hydrogen-bond donors (Lipinski definition) is 5. The molecule has 1 aromatic rings. The summed E-state index contributed by atoms with van der Waals surface area (Å²) in [5.74, 6) is -0.738. The lowest BCUT2D eigenvalue weighted by molar-refractivity contribution is -0.282. The van der Waals surface area contributed by atoms with Crippen LogP contribution < -0.4 is 4.74 Å². The number of carboxylic acids is 1. The van der Waals surface area contributed by atoms with Gasteiger partial charge in [0.1, 0.15) is 24.1 Å². The second-order valence-electron chi connectivity index (χ2n) is 5.05. The van der Waals surface area contributed by atoms with Crippen molar-refractivity contribution in [1.29, 1.82) is 0 Å². The van der Waals surface area contributed by atoms with Crippen LogP contribution in [0.5, 0.6) is 5.75 Å². The molecule has 1 heterocycles. The predicted octanol–water partition coefficient (Wildman–Crippen LogP) is -1.04. The summed E-state index contributed by atoms with van der Waals surface area (Å²) in [7, 11) is 0. The van der Waals surface area contributed by atoms with E-state index in [1.807, 2.05) is 0 Å². The average Bonchev–Trinajstić information content (AvgIpc) is 2.54. The van der Waals surface area contributed by atoms with Crippen molar-refractivity contribution < 1.29 is 39.8 Å². The molecule has 8 heteroatoms. The van der Waals surface area contributed by atoms with E-state index in [1.165, 1.54) is 6.08 Å². The normalized spacial score (nSPS) is 31.2. The number of hydrogen-bond acceptors (Lipinski definition) is 7. The minimum atomic E-state index is -1.61. The van der Waals surface area contributed by atoms with Crippen LogP contribution in [0.2, 0.25) is 0 Å². The summed E-state index contributed by atoms with van der Waals surface area (Å²) in [6.45, 7) is -0.509. The summed E-state index contributed by atoms with van der Waals surface area (Å²) in [4.78, 5) is 10.4. The van der Waals surface area contributed by atoms with E-state index in [1.54, 1.807) is 24.3 Å². The molecule has 5 N–H and O–H groups in total. The van der Waals surface area contributed by atoms with Gasteiger partial charge in [0, 0.05) is 6.08 Å². The van der Waals surface area contributed by atoms with Crippen LogP contribution in [-0.4, -0.2) is 68.8 Å². The molecule has 0 radical (unpaired) electrons. The minimum absolute atomic E-state index is 0.326. The fourth-order valence-electron chi connectivity index (χ4n) is 2.19. The van der Waals surface area contributed by atoms with Gasteiger partial charge in [-0.25, -0.2) is 4.79 Å². The molecule has 0 unspecified atom stereocenters. The molecule has 1 aliphatic rings. The van der Waals surface area contributed by atoms with Crippen LogP contribution in [0.4, 0.5) is 0 Å². The molecule has 2 rings (SSSR count). The molecule has 0 aliphatic carbocycles. The van der Waals surface area contributed by atoms with Gasteiger partial charge in [0.25, 0.3) is 0 Å². The summed E-state index contributed by atoms with van der Waals surface area (Å²) in [6, 6.07) is 6.29. The highest BCUT2D eigenvalue weighted by atomic mass is 16.7. The Morgan fingerprint density at radius 1 is 1.17 bits per heavy atom. The third-order valence-electron chi connectivity index (χ3n) is 3.41. The van der Waals surface area contributed by atoms with Crippen molar-refractivity contribution in [2.75, 3.05) is 6.61 Å². The molecular weight excluding hydrogens is 308 g/mol. The Kier molecular flexibility index (Phi) is 5.69. The number of carboxylic acid groups (broad SMARTS) is 1. The van der Waals surface area contributed by atoms with Crippen molar-refractivity contribution in [3.8, 4) is 5.75 Å². The summed E-state index contributed by atoms with van der Waals surface area (Å²) < 4.78 is 10.5. The lowest BCUT2D eigenvalue weighted by Crippen LogP contribution is -2.60. The molecular formula is C15H18O8. The van der Waals surface area contributed by atoms with E-state index < -0.39 is 43.3 Å². The van der Waals surface area contributed by atoms with Crippen LogP contribution in [-0.2, 0) is 9.53 Å². The Bertz CT molecular complexity index is 553. The fourth-order valence-corrected chi connectivity index (χ4v) is 2.19. The number of aliphatic carboxylic acids is 1. The predicted molar refractivity (Wildman–Crippen MR) is 77.5 cm³/mol. The Labute approximate surface area is 131 Å². The molecule has 8 nitrogen and oxygen atoms in total. The third kappa shape index (κ3) is 4.27. The molecule has 126 valence electrons. The molecule has 1 aliphatic heterocycles. The maximum absolute atomic E-state index is 10.4. The highest BCUT2D eigenvalue weighted by Gasteiger charge is 2.45. The standard InChI is InChI=1S/C15H18O8/c16-7-10-14(12(19)13(20)15(21)23-10)22-9-4-1-8(2-5-9)3-6-11(17)18/h1-6,10,12-16,19-21H,7H2,(H,17,18)/b6-3-/t10-,12-,13-,14-,15-/m1/s1. The maximum Gasteiger partial charge on any atom is 0.328 e. The number of rotatable bonds is 5. The molecule has 0 saturated carbocycles. The molecule has 0 bridgehead atoms. The van der Waals surface area contributed by atoms with Crippen molar-refractivity contribution in [3.05, 3.63) is 35.9 Å². The zero-order chi connectivity index (χ0) is 17.0. The lowest BCUT2D eigenvalue weighted by Gasteiger charge is -2.40. The first kappa shape index (κ1) is 17.4. The Balaban J connectivity index is 2.09. The molecule has 1 fully saturated rings. The Morgan fingerprint density at radius 3 is 2.39 bits per heavy atom. The lowest BCUT2D eigenvalue weighted by atomic mass is 9.99. The molecule has 0 aromatic heterocycles. The third-order valence-corrected chi connectivity index (χ3v) is 3.41. The van der Waals surface area contributed by atoms with Crippen molar-refractivity contribution in [2.24, 2.45) is 0 Å². The van der Waals surface area contributed by atoms with Gasteiger partial charge in [-0.15, -0.1) is 0 Å². The van der Waals surface area contributed by atoms with Crippen LogP contribution >= 0.6 is 0 Å². The topological polar surface area (TPSA) is 137 Å². The minimum Gasteiger partial charge on any atom is -0.485 e. The SMILES string of the molecule is O=C(O)/C=C\c1ccc(O[C@H]2[C@H](O)[C@@H](O)[C@H](O)O[C@@H]2CO)cc1. The van der Waals surface area contributed by atoms with Gasteiger partial charge in [0.2, 0.25) is 0 Å². The summed E-state index contributed by atoms with van der Waals surface area (Å²) >= 11 is 0. The smallest absolute Gasteiger partial charge is 0.328 e. The van der Waals surface area contributed by atoms with Gasteiger partial charge in [-0.1, -0.05) is 12.1 Å². The van der Waals surface area contributed by atoms with Gasteiger partial charge >= 0.3 is 5.97 Å². The van der Waals surface area contributed by atoms with Crippen LogP contribution in [0.3, 0.4) is 0 Å². The quantitative estimate of drug-likeness (QED) is 0.433. The zero-order valence-electron chi connectivity index (χ0n) is 12.0. The van der Waals surface area contributed by atoms with Gasteiger partial charge in [-0.2, -0.15) is 0 Å². The van der Waals surface area contributed by atoms with Gasteiger partial charge < -0.3 is 35.0 Å². The maximum atomic E-state index is 10.4. The summed E-state index contributed by atoms with van der Waals surface area (Å²) in [6.07, 6.45) is -4.28. The first-order chi connectivity index (χ1) is 10.9. The van der Waals surface area contributed by atoms with E-state index in [2.05, 4.69) is 0 Å². The van der Waals surface area contributed by atoms with Crippen LogP contribution in [0.15, 0.2) is 30.3 Å². The highest BCUT2D eigenvalue weighted by molar-refractivity contribution is 5.85. The number of carbonyl (C=O) groups is 1. The van der Waals surface area contributed by atoms with Gasteiger partial charge in [0.15, 0.2) is 12.4 Å². The average molecular weight is 326 g/mol. The Morgan fingerprint density at radius 2 is 1.83 bits per heavy atom. The van der Waals surface area contributed by atoms with Gasteiger partial charge in [0.05, 0.1) is 6.61 Å². The molecule has 5 atom stereocenters. The second-order valence-corrected chi connectivity index (χ2v) is 5.05. The van der Waals surface area contributed by atoms with E-state index in [9.17, 15) is 25.2 Å². The first-order valence-electron chi connectivity index (χ1n) is 6.90. The van der Waals surface area contributed by atoms with E-state index in [0.717, 1.165) is 6.08 Å². The monoisotopic (exact) mass is 326 g/mol. The van der Waals surface area contributed by atoms with E-state index >= 15 is 0 Å². The van der Waals surface area contributed by atoms with Crippen molar-refractivity contribution in [2.45, 2.75) is 30.7 Å². The van der Waals surface area contributed by atoms with Crippen LogP contribution in [0.1, 0.15) is 5.56 Å². The van der Waals surface area contributed by atoms with Gasteiger partial charge in [-0.05, 0) is 23.8 Å². The van der Waals surface area contributed by atoms with E-state index in [4.69, 9.17) is 14.6 Å². The molecule has 1 saturated heterocycles. The molecule has 1 aromatic carbocycles. The van der Waals surface area contributed by atoms with Crippen LogP contribution in [0, 0.1) is 0 Å².